The first-order valence-electron chi connectivity index (χ1n) is 6.76. The van der Waals surface area contributed by atoms with Gasteiger partial charge in [-0.3, -0.25) is 9.63 Å². The van der Waals surface area contributed by atoms with Crippen molar-refractivity contribution in [3.63, 3.8) is 0 Å². The van der Waals surface area contributed by atoms with Gasteiger partial charge in [0.25, 0.3) is 5.91 Å². The minimum Gasteiger partial charge on any atom is -0.393 e. The number of carbonyl (C=O) groups excluding carboxylic acids is 2. The summed E-state index contributed by atoms with van der Waals surface area (Å²) in [6.07, 6.45) is 4.52. The van der Waals surface area contributed by atoms with Gasteiger partial charge in [-0.25, -0.2) is 9.86 Å². The highest BCUT2D eigenvalue weighted by atomic mass is 16.7. The van der Waals surface area contributed by atoms with Crippen LogP contribution in [0.3, 0.4) is 0 Å². The van der Waals surface area contributed by atoms with Crippen LogP contribution in [-0.4, -0.2) is 36.8 Å². The van der Waals surface area contributed by atoms with Crippen LogP contribution in [0.1, 0.15) is 0 Å². The quantitative estimate of drug-likeness (QED) is 0.744. The Bertz CT molecular complexity index is 756. The number of alkyl carbamates (subject to hydrolysis) is 1. The van der Waals surface area contributed by atoms with Crippen molar-refractivity contribution in [1.29, 1.82) is 0 Å². The zero-order valence-corrected chi connectivity index (χ0v) is 11.9. The van der Waals surface area contributed by atoms with Crippen molar-refractivity contribution in [2.45, 2.75) is 6.04 Å². The summed E-state index contributed by atoms with van der Waals surface area (Å²) in [5.41, 5.74) is 0. The van der Waals surface area contributed by atoms with E-state index in [4.69, 9.17) is 9.57 Å². The summed E-state index contributed by atoms with van der Waals surface area (Å²) in [6.45, 7) is 0.0978. The summed E-state index contributed by atoms with van der Waals surface area (Å²) in [4.78, 5) is 28.5. The molecule has 2 N–H and O–H groups in total. The van der Waals surface area contributed by atoms with Gasteiger partial charge in [-0.15, -0.1) is 0 Å². The minimum atomic E-state index is -0.728. The number of likely N-dealkylation sites (N-methyl/N-ethyl adjacent to an activating group) is 1. The van der Waals surface area contributed by atoms with Crippen LogP contribution >= 0.6 is 0 Å². The van der Waals surface area contributed by atoms with Gasteiger partial charge in [0.05, 0.1) is 0 Å². The van der Waals surface area contributed by atoms with Crippen LogP contribution in [0.4, 0.5) is 4.79 Å². The number of hydrogen-bond acceptors (Lipinski definition) is 5. The zero-order valence-electron chi connectivity index (χ0n) is 11.9. The molecule has 114 valence electrons. The lowest BCUT2D eigenvalue weighted by atomic mass is 10.2. The molecule has 1 aromatic carbocycles. The highest BCUT2D eigenvalue weighted by Gasteiger charge is 2.32. The maximum absolute atomic E-state index is 11.8. The Kier molecular flexibility index (Phi) is 3.80. The lowest BCUT2D eigenvalue weighted by Gasteiger charge is -2.11. The van der Waals surface area contributed by atoms with Crippen molar-refractivity contribution >= 4 is 24.3 Å². The predicted molar refractivity (Wildman–Crippen MR) is 78.0 cm³/mol. The molecule has 2 aliphatic heterocycles. The number of carbonyl (C=O) groups is 2. The van der Waals surface area contributed by atoms with Crippen LogP contribution in [-0.2, 0) is 14.4 Å². The van der Waals surface area contributed by atoms with Gasteiger partial charge in [0.15, 0.2) is 0 Å². The molecule has 0 unspecified atom stereocenters. The topological polar surface area (TPSA) is 79.9 Å². The standard InChI is InChI=1S/C15H15N3O4/c1-18-14(19)12(9-21-18)17-15(20)22-13-7-6-10-4-2-3-5-11(10)8-16-13/h2-8,12,16H,9H2,1H3,(H,17,20)/t12-/m1/s1. The Morgan fingerprint density at radius 3 is 2.86 bits per heavy atom. The highest BCUT2D eigenvalue weighted by molar-refractivity contribution is 5.86. The summed E-state index contributed by atoms with van der Waals surface area (Å²) in [7, 11) is 1.49. The van der Waals surface area contributed by atoms with Gasteiger partial charge in [-0.2, -0.15) is 0 Å². The molecule has 7 heteroatoms. The van der Waals surface area contributed by atoms with Crippen molar-refractivity contribution < 1.29 is 19.2 Å². The molecular weight excluding hydrogens is 286 g/mol. The first kappa shape index (κ1) is 14.2. The van der Waals surface area contributed by atoms with E-state index in [2.05, 4.69) is 10.6 Å². The highest BCUT2D eigenvalue weighted by Crippen LogP contribution is 2.05. The average Bonchev–Trinajstić information content (AvgIpc) is 2.73. The normalized spacial score (nSPS) is 19.9. The number of nitrogens with zero attached hydrogens (tertiary/aromatic N) is 1. The fourth-order valence-electron chi connectivity index (χ4n) is 2.14. The number of allylic oxidation sites excluding steroid dienone is 1. The van der Waals surface area contributed by atoms with Crippen LogP contribution in [0.25, 0.3) is 12.3 Å². The molecule has 3 rings (SSSR count). The van der Waals surface area contributed by atoms with Crippen LogP contribution in [0.2, 0.25) is 0 Å². The van der Waals surface area contributed by atoms with Crippen LogP contribution in [0.15, 0.2) is 36.2 Å². The molecule has 2 aliphatic rings. The minimum absolute atomic E-state index is 0.0978. The van der Waals surface area contributed by atoms with Crippen LogP contribution < -0.4 is 21.1 Å². The lowest BCUT2D eigenvalue weighted by molar-refractivity contribution is -0.154. The third-order valence-electron chi connectivity index (χ3n) is 3.32. The Labute approximate surface area is 126 Å². The largest absolute Gasteiger partial charge is 0.414 e. The molecule has 0 spiro atoms. The van der Waals surface area contributed by atoms with E-state index in [9.17, 15) is 9.59 Å². The average molecular weight is 301 g/mol. The summed E-state index contributed by atoms with van der Waals surface area (Å²) >= 11 is 0. The molecule has 0 radical (unpaired) electrons. The molecular formula is C15H15N3O4. The van der Waals surface area contributed by atoms with Crippen LogP contribution in [0, 0.1) is 0 Å². The van der Waals surface area contributed by atoms with Gasteiger partial charge < -0.3 is 15.4 Å². The number of rotatable bonds is 2. The number of amides is 2. The van der Waals surface area contributed by atoms with E-state index < -0.39 is 12.1 Å². The van der Waals surface area contributed by atoms with Gasteiger partial charge in [0.1, 0.15) is 12.6 Å². The van der Waals surface area contributed by atoms with E-state index in [1.54, 1.807) is 12.3 Å². The SMILES string of the molecule is CN1OC[C@@H](NC(=O)OC2=CC=c3ccccc3=CN2)C1=O. The molecule has 7 nitrogen and oxygen atoms in total. The van der Waals surface area contributed by atoms with Crippen molar-refractivity contribution in [2.75, 3.05) is 13.7 Å². The third kappa shape index (κ3) is 2.94. The van der Waals surface area contributed by atoms with Crippen LogP contribution in [0.5, 0.6) is 0 Å². The Hall–Kier alpha value is -2.80. The number of ether oxygens (including phenoxy) is 1. The van der Waals surface area contributed by atoms with Gasteiger partial charge in [0, 0.05) is 13.2 Å². The summed E-state index contributed by atoms with van der Waals surface area (Å²) in [5, 5.41) is 8.45. The second kappa shape index (κ2) is 5.90. The van der Waals surface area contributed by atoms with Crippen molar-refractivity contribution in [2.24, 2.45) is 0 Å². The molecule has 0 aliphatic carbocycles. The van der Waals surface area contributed by atoms with Gasteiger partial charge >= 0.3 is 6.09 Å². The molecule has 1 fully saturated rings. The van der Waals surface area contributed by atoms with E-state index in [-0.39, 0.29) is 18.4 Å². The molecule has 1 atom stereocenters. The fraction of sp³-hybridized carbons (Fsp3) is 0.200. The molecule has 1 saturated heterocycles. The monoisotopic (exact) mass is 301 g/mol. The number of benzene rings is 1. The molecule has 2 amide bonds. The summed E-state index contributed by atoms with van der Waals surface area (Å²) in [5.74, 6) is -0.0429. The molecule has 0 saturated carbocycles. The maximum Gasteiger partial charge on any atom is 0.414 e. The molecule has 0 aromatic heterocycles. The molecule has 1 aromatic rings. The van der Waals surface area contributed by atoms with Gasteiger partial charge in [-0.1, -0.05) is 24.3 Å². The lowest BCUT2D eigenvalue weighted by Crippen LogP contribution is -2.42. The Morgan fingerprint density at radius 1 is 1.36 bits per heavy atom. The second-order valence-electron chi connectivity index (χ2n) is 4.83. The van der Waals surface area contributed by atoms with Gasteiger partial charge in [-0.05, 0) is 22.6 Å². The zero-order chi connectivity index (χ0) is 15.5. The van der Waals surface area contributed by atoms with Gasteiger partial charge in [0.2, 0.25) is 5.88 Å². The van der Waals surface area contributed by atoms with E-state index >= 15 is 0 Å². The Balaban J connectivity index is 1.64. The van der Waals surface area contributed by atoms with E-state index in [1.807, 2.05) is 30.3 Å². The second-order valence-corrected chi connectivity index (χ2v) is 4.83. The third-order valence-corrected chi connectivity index (χ3v) is 3.32. The number of hydrogen-bond donors (Lipinski definition) is 2. The predicted octanol–water partition coefficient (Wildman–Crippen LogP) is -0.852. The number of fused-ring (bicyclic) bond motifs is 1. The fourth-order valence-corrected chi connectivity index (χ4v) is 2.14. The molecule has 2 heterocycles. The summed E-state index contributed by atoms with van der Waals surface area (Å²) < 4.78 is 5.16. The number of nitrogens with one attached hydrogen (secondary N) is 2. The first-order chi connectivity index (χ1) is 10.6. The maximum atomic E-state index is 11.8. The Morgan fingerprint density at radius 2 is 2.14 bits per heavy atom. The number of hydroxylamine groups is 2. The van der Waals surface area contributed by atoms with E-state index in [0.29, 0.717) is 0 Å². The molecule has 22 heavy (non-hydrogen) atoms. The van der Waals surface area contributed by atoms with E-state index in [0.717, 1.165) is 15.5 Å². The smallest absolute Gasteiger partial charge is 0.393 e. The first-order valence-corrected chi connectivity index (χ1v) is 6.76. The summed E-state index contributed by atoms with van der Waals surface area (Å²) in [6, 6.07) is 7.02. The van der Waals surface area contributed by atoms with Crippen molar-refractivity contribution in [3.05, 3.63) is 46.7 Å². The van der Waals surface area contributed by atoms with Crippen molar-refractivity contribution in [3.8, 4) is 0 Å². The molecule has 0 bridgehead atoms. The van der Waals surface area contributed by atoms with E-state index in [1.165, 1.54) is 7.05 Å². The van der Waals surface area contributed by atoms with Crippen molar-refractivity contribution in [1.82, 2.24) is 15.7 Å².